The molecule has 0 aliphatic heterocycles. The van der Waals surface area contributed by atoms with Crippen molar-refractivity contribution in [2.45, 2.75) is 26.2 Å². The van der Waals surface area contributed by atoms with Crippen molar-refractivity contribution in [3.05, 3.63) is 157 Å². The van der Waals surface area contributed by atoms with Gasteiger partial charge in [0.1, 0.15) is 17.1 Å². The fourth-order valence-corrected chi connectivity index (χ4v) is 6.99. The van der Waals surface area contributed by atoms with Crippen molar-refractivity contribution < 1.29 is 26.2 Å². The first-order chi connectivity index (χ1) is 24.4. The van der Waals surface area contributed by atoms with E-state index in [1.807, 2.05) is 59.2 Å². The van der Waals surface area contributed by atoms with Gasteiger partial charge in [-0.2, -0.15) is 0 Å². The Kier molecular flexibility index (Phi) is 8.00. The van der Waals surface area contributed by atoms with Crippen LogP contribution in [0, 0.1) is 6.07 Å². The molecule has 9 rings (SSSR count). The molecular formula is C44H34N5OPt-. The molecule has 9 aromatic rings. The van der Waals surface area contributed by atoms with Crippen LogP contribution in [-0.4, -0.2) is 28.6 Å². The third-order valence-corrected chi connectivity index (χ3v) is 9.49. The Labute approximate surface area is 310 Å². The number of para-hydroxylation sites is 5. The standard InChI is InChI=1S/C44H34N5O.Pt/c1-44(2,3)31-25-26-35(33(27-31)29-15-6-4-7-16-29)47-28-34(30-17-8-5-9-18-30)45-42(47)32-19-14-23-39-41(32)46-43-48(38-22-12-13-24-40(38)50)36-20-10-11-21-37(36)49(39)43;/h4-17,19-28,50H,1-3H3;/q-1;. The Morgan fingerprint density at radius 3 is 2.14 bits per heavy atom. The molecular weight excluding hydrogens is 810 g/mol. The number of imidazole rings is 3. The zero-order chi connectivity index (χ0) is 34.0. The van der Waals surface area contributed by atoms with E-state index in [0.29, 0.717) is 11.5 Å². The van der Waals surface area contributed by atoms with Crippen LogP contribution in [0.2, 0.25) is 0 Å². The summed E-state index contributed by atoms with van der Waals surface area (Å²) in [6, 6.07) is 50.6. The molecule has 1 N–H and O–H groups in total. The summed E-state index contributed by atoms with van der Waals surface area (Å²) < 4.78 is 6.41. The van der Waals surface area contributed by atoms with E-state index < -0.39 is 0 Å². The van der Waals surface area contributed by atoms with Crippen LogP contribution >= 0.6 is 0 Å². The molecule has 252 valence electrons. The average Bonchev–Trinajstić information content (AvgIpc) is 3.84. The Morgan fingerprint density at radius 2 is 1.37 bits per heavy atom. The van der Waals surface area contributed by atoms with Crippen LogP contribution in [-0.2, 0) is 26.5 Å². The van der Waals surface area contributed by atoms with Crippen LogP contribution in [0.4, 0.5) is 0 Å². The first-order valence-electron chi connectivity index (χ1n) is 16.8. The third kappa shape index (κ3) is 5.38. The minimum absolute atomic E-state index is 0. The number of phenols is 1. The van der Waals surface area contributed by atoms with Gasteiger partial charge in [-0.15, -0.1) is 35.9 Å². The van der Waals surface area contributed by atoms with Gasteiger partial charge in [0.25, 0.3) is 0 Å². The minimum Gasteiger partial charge on any atom is -0.506 e. The second kappa shape index (κ2) is 12.6. The predicted molar refractivity (Wildman–Crippen MR) is 202 cm³/mol. The molecule has 6 aromatic carbocycles. The summed E-state index contributed by atoms with van der Waals surface area (Å²) in [5.41, 5.74) is 11.6. The fourth-order valence-electron chi connectivity index (χ4n) is 6.99. The number of nitrogens with zero attached hydrogens (tertiary/aromatic N) is 5. The number of benzene rings is 6. The molecule has 0 aliphatic rings. The quantitative estimate of drug-likeness (QED) is 0.176. The van der Waals surface area contributed by atoms with Crippen molar-refractivity contribution >= 4 is 27.8 Å². The summed E-state index contributed by atoms with van der Waals surface area (Å²) in [6.07, 6.45) is 2.12. The third-order valence-electron chi connectivity index (χ3n) is 9.49. The summed E-state index contributed by atoms with van der Waals surface area (Å²) in [5.74, 6) is 1.68. The van der Waals surface area contributed by atoms with Gasteiger partial charge in [0.15, 0.2) is 0 Å². The van der Waals surface area contributed by atoms with Crippen molar-refractivity contribution in [1.82, 2.24) is 23.5 Å². The number of rotatable bonds is 5. The smallest absolute Gasteiger partial charge is 0.220 e. The molecule has 3 heterocycles. The van der Waals surface area contributed by atoms with E-state index in [9.17, 15) is 5.11 Å². The minimum atomic E-state index is -0.0259. The van der Waals surface area contributed by atoms with Gasteiger partial charge in [0.2, 0.25) is 5.78 Å². The molecule has 0 bridgehead atoms. The summed E-state index contributed by atoms with van der Waals surface area (Å²) in [5, 5.41) is 11.0. The van der Waals surface area contributed by atoms with E-state index in [1.54, 1.807) is 6.07 Å². The van der Waals surface area contributed by atoms with Crippen molar-refractivity contribution in [2.75, 3.05) is 0 Å². The normalized spacial score (nSPS) is 11.7. The van der Waals surface area contributed by atoms with E-state index >= 15 is 0 Å². The topological polar surface area (TPSA) is 60.3 Å². The number of aromatic hydroxyl groups is 1. The predicted octanol–water partition coefficient (Wildman–Crippen LogP) is 10.4. The number of aromatic nitrogens is 5. The summed E-state index contributed by atoms with van der Waals surface area (Å²) in [6.45, 7) is 6.74. The molecule has 6 nitrogen and oxygen atoms in total. The maximum Gasteiger partial charge on any atom is 0.220 e. The van der Waals surface area contributed by atoms with Crippen LogP contribution in [0.15, 0.2) is 146 Å². The Hall–Kier alpha value is -5.71. The van der Waals surface area contributed by atoms with Crippen molar-refractivity contribution in [3.8, 4) is 50.9 Å². The molecule has 7 heteroatoms. The van der Waals surface area contributed by atoms with Crippen molar-refractivity contribution in [1.29, 1.82) is 0 Å². The number of hydrogen-bond donors (Lipinski definition) is 1. The molecule has 0 saturated carbocycles. The monoisotopic (exact) mass is 843 g/mol. The molecule has 0 atom stereocenters. The number of phenolic OH excluding ortho intramolecular Hbond substituents is 1. The molecule has 0 spiro atoms. The van der Waals surface area contributed by atoms with Gasteiger partial charge >= 0.3 is 0 Å². The zero-order valence-corrected chi connectivity index (χ0v) is 30.6. The van der Waals surface area contributed by atoms with Crippen LogP contribution in [0.1, 0.15) is 26.3 Å². The molecule has 0 radical (unpaired) electrons. The fraction of sp³-hybridized carbons (Fsp3) is 0.0909. The van der Waals surface area contributed by atoms with Gasteiger partial charge in [0, 0.05) is 37.9 Å². The maximum absolute atomic E-state index is 11.0. The molecule has 0 fully saturated rings. The second-order valence-corrected chi connectivity index (χ2v) is 13.7. The Bertz CT molecular complexity index is 2700. The van der Waals surface area contributed by atoms with E-state index in [-0.39, 0.29) is 32.2 Å². The van der Waals surface area contributed by atoms with Gasteiger partial charge in [-0.1, -0.05) is 87.5 Å². The van der Waals surface area contributed by atoms with Crippen molar-refractivity contribution in [2.24, 2.45) is 0 Å². The molecule has 0 aliphatic carbocycles. The zero-order valence-electron chi connectivity index (χ0n) is 28.4. The molecule has 3 aromatic heterocycles. The second-order valence-electron chi connectivity index (χ2n) is 13.7. The first-order valence-corrected chi connectivity index (χ1v) is 16.8. The van der Waals surface area contributed by atoms with Crippen LogP contribution in [0.25, 0.3) is 73.0 Å². The van der Waals surface area contributed by atoms with Gasteiger partial charge in [0.05, 0.1) is 27.9 Å². The molecule has 0 saturated heterocycles. The Morgan fingerprint density at radius 1 is 0.647 bits per heavy atom. The van der Waals surface area contributed by atoms with E-state index in [2.05, 4.69) is 121 Å². The summed E-state index contributed by atoms with van der Waals surface area (Å²) >= 11 is 0. The largest absolute Gasteiger partial charge is 0.506 e. The Balaban J connectivity index is 0.00000374. The molecule has 51 heavy (non-hydrogen) atoms. The van der Waals surface area contributed by atoms with Gasteiger partial charge in [-0.05, 0) is 71.3 Å². The van der Waals surface area contributed by atoms with E-state index in [4.69, 9.17) is 9.97 Å². The SMILES string of the molecule is CC(C)(C)c1ccc(-n2cc(-c3[c-]cccc3)nc2-c2cccc3c2nc2n(-c4ccccc4O)c4ccccc4n32)c(-c2ccccc2)c1.[Pt]. The average molecular weight is 844 g/mol. The van der Waals surface area contributed by atoms with Crippen molar-refractivity contribution in [3.63, 3.8) is 0 Å². The van der Waals surface area contributed by atoms with Gasteiger partial charge < -0.3 is 9.67 Å². The summed E-state index contributed by atoms with van der Waals surface area (Å²) in [7, 11) is 0. The number of fused-ring (bicyclic) bond motifs is 5. The summed E-state index contributed by atoms with van der Waals surface area (Å²) in [4.78, 5) is 10.7. The van der Waals surface area contributed by atoms with Crippen LogP contribution in [0.3, 0.4) is 0 Å². The first kappa shape index (κ1) is 32.5. The molecule has 0 unspecified atom stereocenters. The van der Waals surface area contributed by atoms with Crippen LogP contribution < -0.4 is 0 Å². The number of hydrogen-bond acceptors (Lipinski definition) is 3. The maximum atomic E-state index is 11.0. The van der Waals surface area contributed by atoms with E-state index in [0.717, 1.165) is 61.5 Å². The van der Waals surface area contributed by atoms with E-state index in [1.165, 1.54) is 5.56 Å². The molecule has 0 amide bonds. The van der Waals surface area contributed by atoms with Gasteiger partial charge in [-0.25, -0.2) is 4.98 Å². The van der Waals surface area contributed by atoms with Gasteiger partial charge in [-0.3, -0.25) is 14.0 Å². The van der Waals surface area contributed by atoms with Crippen LogP contribution in [0.5, 0.6) is 5.75 Å².